The van der Waals surface area contributed by atoms with Crippen LogP contribution in [0.15, 0.2) is 194 Å². The van der Waals surface area contributed by atoms with Crippen LogP contribution in [0, 0.1) is 3.57 Å². The third kappa shape index (κ3) is 22.8. The van der Waals surface area contributed by atoms with Crippen LogP contribution in [0.4, 0.5) is 25.0 Å². The largest absolute Gasteiger partial charge is 0.490 e. The number of allylic oxidation sites excluding steroid dienone is 2. The number of nitrogens with zero attached hydrogens (tertiary/aromatic N) is 11. The highest BCUT2D eigenvalue weighted by molar-refractivity contribution is 14.1. The molecule has 4 aliphatic rings. The standard InChI is InChI=1S/C27H28ClN5O6S2.C23H21ClN4O4S2.C17H12ClIN4O4S2.C16H28BNO4.2ClH/c1-16(18-7-5-6-8-19(18)17-9-11-32(12-10-17)25(34)39-27(2,3)4)33-21-13-20(28)23(14-22(21)38-26(33)35)41(36,37)31-24-29-15-30-40-24;1-14(16-9-5-6-10-17(16)15-7-3-2-4-8-15)28-19-11-18(24)21(12-20(19)32-23(28)29)34(30,31)27-22-25-13-26-33-22;1-9(10-4-2-3-5-12(10)19)23-13-6-11(18)15(7-14(13)27-17(23)24)29(25,26)22-16-20-8-21-28-16;1-14(2,3)20-13(19)18-10-8-12(9-11-18)17-21-15(4,5)16(6,7)22-17;;/h5-9,13-16H,10-12H2,1-4H3,(H,29,30,31);5-7,9-14H,2-4,8H2,1H3,(H,25,26,27);2-9H,1H3,(H,20,21,22);8H,9-11H2,1-7H3;2*1H/t16-;14-;9-;;;/m111.../s1. The molecule has 1 fully saturated rings. The number of fused-ring (bicyclic) bond motifs is 3. The number of halogens is 6. The molecular weight excluding hydrogens is 1990 g/mol. The Balaban J connectivity index is 0.000000168. The molecule has 1 aliphatic carbocycles. The van der Waals surface area contributed by atoms with Crippen molar-refractivity contribution >= 4 is 226 Å². The number of anilines is 3. The highest BCUT2D eigenvalue weighted by atomic mass is 127. The summed E-state index contributed by atoms with van der Waals surface area (Å²) in [6, 6.07) is 30.2. The second-order valence-electron chi connectivity index (χ2n) is 32.7. The number of ether oxygens (including phenoxy) is 2. The maximum absolute atomic E-state index is 13.1. The van der Waals surface area contributed by atoms with Gasteiger partial charge in [-0.05, 0) is 220 Å². The van der Waals surface area contributed by atoms with Gasteiger partial charge in [-0.3, -0.25) is 27.9 Å². The lowest BCUT2D eigenvalue weighted by atomic mass is 9.75. The Kier molecular flexibility index (Phi) is 31.4. The predicted octanol–water partition coefficient (Wildman–Crippen LogP) is 19.1. The average Bonchev–Trinajstić information content (AvgIpc) is 1.60. The molecule has 0 spiro atoms. The van der Waals surface area contributed by atoms with Gasteiger partial charge in [0.15, 0.2) is 16.7 Å². The summed E-state index contributed by atoms with van der Waals surface area (Å²) < 4.78 is 140. The zero-order chi connectivity index (χ0) is 90.9. The van der Waals surface area contributed by atoms with E-state index in [0.717, 1.165) is 103 Å². The van der Waals surface area contributed by atoms with Crippen molar-refractivity contribution < 1.29 is 66.9 Å². The molecule has 9 heterocycles. The molecule has 682 valence electrons. The monoisotopic (exact) mass is 2080 g/mol. The quantitative estimate of drug-likeness (QED) is 0.0530. The molecule has 0 saturated carbocycles. The van der Waals surface area contributed by atoms with Crippen LogP contribution in [0.25, 0.3) is 44.4 Å². The summed E-state index contributed by atoms with van der Waals surface area (Å²) in [6.45, 7) is 27.0. The number of rotatable bonds is 18. The minimum Gasteiger partial charge on any atom is -0.444 e. The van der Waals surface area contributed by atoms with Gasteiger partial charge in [-0.1, -0.05) is 120 Å². The van der Waals surface area contributed by atoms with E-state index < -0.39 is 64.6 Å². The number of hydrogen-bond donors (Lipinski definition) is 3. The Morgan fingerprint density at radius 1 is 0.500 bits per heavy atom. The van der Waals surface area contributed by atoms with Crippen LogP contribution in [0.2, 0.25) is 15.1 Å². The molecule has 0 radical (unpaired) electrons. The topological polar surface area (TPSA) is 399 Å². The van der Waals surface area contributed by atoms with Gasteiger partial charge in [-0.25, -0.2) is 64.2 Å². The molecule has 2 amide bonds. The Bertz CT molecular complexity index is 6740. The van der Waals surface area contributed by atoms with Crippen molar-refractivity contribution in [2.75, 3.05) is 40.3 Å². The van der Waals surface area contributed by atoms with E-state index >= 15 is 0 Å². The van der Waals surface area contributed by atoms with Gasteiger partial charge >= 0.3 is 36.6 Å². The van der Waals surface area contributed by atoms with E-state index in [1.165, 1.54) is 81.1 Å². The lowest BCUT2D eigenvalue weighted by Gasteiger charge is -2.32. The van der Waals surface area contributed by atoms with E-state index in [2.05, 4.69) is 77.0 Å². The normalized spacial score (nSPS) is 16.0. The molecule has 3 N–H and O–H groups in total. The van der Waals surface area contributed by atoms with Crippen LogP contribution in [0.5, 0.6) is 0 Å². The van der Waals surface area contributed by atoms with E-state index in [1.54, 1.807) is 9.80 Å². The molecule has 128 heavy (non-hydrogen) atoms. The van der Waals surface area contributed by atoms with Crippen molar-refractivity contribution in [1.29, 1.82) is 0 Å². The highest BCUT2D eigenvalue weighted by Gasteiger charge is 2.53. The second kappa shape index (κ2) is 40.4. The number of aromatic nitrogens is 9. The van der Waals surface area contributed by atoms with Gasteiger partial charge in [0.1, 0.15) is 44.9 Å². The molecule has 1 saturated heterocycles. The summed E-state index contributed by atoms with van der Waals surface area (Å²) in [6.07, 6.45) is 15.1. The van der Waals surface area contributed by atoms with Gasteiger partial charge in [0.25, 0.3) is 30.1 Å². The van der Waals surface area contributed by atoms with E-state index in [1.807, 2.05) is 169 Å². The molecular formula is C83H91BCl5IN14O18S6. The van der Waals surface area contributed by atoms with E-state index in [-0.39, 0.29) is 129 Å². The van der Waals surface area contributed by atoms with Crippen LogP contribution < -0.4 is 31.4 Å². The van der Waals surface area contributed by atoms with Crippen LogP contribution >= 0.6 is 117 Å². The Labute approximate surface area is 791 Å². The summed E-state index contributed by atoms with van der Waals surface area (Å²) in [5.41, 5.74) is 8.08. The third-order valence-electron chi connectivity index (χ3n) is 21.3. The van der Waals surface area contributed by atoms with Crippen LogP contribution in [0.1, 0.15) is 174 Å². The number of amides is 2. The number of sulfonamides is 3. The molecule has 32 nitrogen and oxygen atoms in total. The van der Waals surface area contributed by atoms with Gasteiger partial charge in [0, 0.05) is 82.5 Å². The van der Waals surface area contributed by atoms with E-state index in [0.29, 0.717) is 49.1 Å². The van der Waals surface area contributed by atoms with Gasteiger partial charge in [0.05, 0.1) is 60.9 Å². The number of hydrogen-bond acceptors (Lipinski definition) is 27. The first kappa shape index (κ1) is 99.6. The fourth-order valence-electron chi connectivity index (χ4n) is 14.4. The minimum absolute atomic E-state index is 0. The Hall–Kier alpha value is -9.02. The Morgan fingerprint density at radius 2 is 0.852 bits per heavy atom. The molecule has 6 aromatic heterocycles. The SMILES string of the molecule is CC(C)(C)OC(=O)N1CC=C(B2OC(C)(C)C(C)(C)O2)CC1.C[C@H](c1ccccc1C1=CCCCC1)n1c(=O)oc2cc(S(=O)(=O)Nc3ncns3)c(Cl)cc21.C[C@H](c1ccccc1C1=CCN(C(=O)OC(C)(C)C)CC1)n1c(=O)oc2cc(S(=O)(=O)Nc3ncns3)c(Cl)cc21.C[C@H](c1ccccc1I)n1c(=O)oc2cc(S(=O)(=O)Nc3ncns3)c(Cl)cc21.Cl.Cl. The van der Waals surface area contributed by atoms with Crippen molar-refractivity contribution in [1.82, 2.24) is 51.6 Å². The van der Waals surface area contributed by atoms with Gasteiger partial charge in [-0.2, -0.15) is 13.1 Å². The van der Waals surface area contributed by atoms with Crippen LogP contribution in [-0.2, 0) is 48.9 Å². The smallest absolute Gasteiger partial charge is 0.444 e. The molecule has 16 rings (SSSR count). The third-order valence-corrected chi connectivity index (χ3v) is 29.8. The first-order chi connectivity index (χ1) is 59.4. The van der Waals surface area contributed by atoms with E-state index in [9.17, 15) is 49.2 Å². The second-order valence-corrected chi connectivity index (χ2v) is 42.3. The first-order valence-electron chi connectivity index (χ1n) is 39.6. The molecule has 3 atom stereocenters. The van der Waals surface area contributed by atoms with Crippen molar-refractivity contribution in [2.45, 2.75) is 184 Å². The summed E-state index contributed by atoms with van der Waals surface area (Å²) in [7, 11) is -12.5. The average molecular weight is 2080 g/mol. The molecule has 3 aliphatic heterocycles. The van der Waals surface area contributed by atoms with Crippen molar-refractivity contribution in [3.63, 3.8) is 0 Å². The van der Waals surface area contributed by atoms with Crippen molar-refractivity contribution in [3.05, 3.63) is 230 Å². The van der Waals surface area contributed by atoms with Gasteiger partial charge < -0.3 is 41.8 Å². The highest BCUT2D eigenvalue weighted by Crippen LogP contribution is 2.42. The molecule has 12 aromatic rings. The number of nitrogens with one attached hydrogen (secondary N) is 3. The summed E-state index contributed by atoms with van der Waals surface area (Å²) in [4.78, 5) is 77.3. The zero-order valence-corrected chi connectivity index (χ0v) is 82.2. The van der Waals surface area contributed by atoms with Crippen molar-refractivity contribution in [3.8, 4) is 0 Å². The van der Waals surface area contributed by atoms with Gasteiger partial charge in [0.2, 0.25) is 15.4 Å². The molecule has 0 bridgehead atoms. The Morgan fingerprint density at radius 3 is 1.18 bits per heavy atom. The summed E-state index contributed by atoms with van der Waals surface area (Å²) in [5, 5.41) is 0.136. The summed E-state index contributed by atoms with van der Waals surface area (Å²) in [5.74, 6) is -1.84. The summed E-state index contributed by atoms with van der Waals surface area (Å²) >= 11 is 24.0. The number of carbonyl (C=O) groups excluding carboxylic acids is 2. The van der Waals surface area contributed by atoms with Crippen LogP contribution in [-0.4, -0.2) is 145 Å². The lowest BCUT2D eigenvalue weighted by Crippen LogP contribution is -2.41. The first-order valence-corrected chi connectivity index (χ1v) is 48.6. The fourth-order valence-corrected chi connectivity index (χ4v) is 21.8. The zero-order valence-electron chi connectivity index (χ0n) is 71.3. The van der Waals surface area contributed by atoms with Crippen molar-refractivity contribution in [2.24, 2.45) is 0 Å². The number of benzene rings is 6. The maximum atomic E-state index is 13.1. The molecule has 6 aromatic carbocycles. The van der Waals surface area contributed by atoms with Gasteiger partial charge in [-0.15, -0.1) is 24.8 Å². The predicted molar refractivity (Wildman–Crippen MR) is 510 cm³/mol. The number of carbonyl (C=O) groups is 2. The molecule has 45 heteroatoms. The minimum atomic E-state index is -4.11. The molecule has 0 unspecified atom stereocenters. The lowest BCUT2D eigenvalue weighted by molar-refractivity contribution is 0.00578. The van der Waals surface area contributed by atoms with E-state index in [4.69, 9.17) is 66.8 Å². The maximum Gasteiger partial charge on any atom is 0.490 e. The van der Waals surface area contributed by atoms with Crippen LogP contribution in [0.3, 0.4) is 0 Å². The number of oxazole rings is 3. The fraction of sp³-hybridized carbons (Fsp3) is 0.361.